The molecule has 152 valence electrons. The van der Waals surface area contributed by atoms with Gasteiger partial charge < -0.3 is 25.6 Å². The van der Waals surface area contributed by atoms with Gasteiger partial charge in [0.1, 0.15) is 24.2 Å². The third kappa shape index (κ3) is 5.50. The van der Waals surface area contributed by atoms with Crippen molar-refractivity contribution >= 4 is 35.6 Å². The normalized spacial score (nSPS) is 25.4. The van der Waals surface area contributed by atoms with Gasteiger partial charge in [-0.3, -0.25) is 14.4 Å². The Morgan fingerprint density at radius 3 is 2.56 bits per heavy atom. The molecule has 9 nitrogen and oxygen atoms in total. The Kier molecular flexibility index (Phi) is 6.61. The third-order valence-corrected chi connectivity index (χ3v) is 5.67. The van der Waals surface area contributed by atoms with E-state index < -0.39 is 35.6 Å². The summed E-state index contributed by atoms with van der Waals surface area (Å²) in [6.07, 6.45) is 1.10. The second kappa shape index (κ2) is 8.37. The molecule has 0 aromatic carbocycles. The number of carbonyl (C=O) groups is 4. The minimum atomic E-state index is -0.734. The Labute approximate surface area is 163 Å². The first kappa shape index (κ1) is 21.3. The zero-order valence-electron chi connectivity index (χ0n) is 16.2. The van der Waals surface area contributed by atoms with Gasteiger partial charge in [-0.2, -0.15) is 0 Å². The molecule has 4 amide bonds. The molecule has 0 spiro atoms. The van der Waals surface area contributed by atoms with E-state index in [1.165, 1.54) is 11.9 Å². The number of hydrogen-bond donors (Lipinski definition) is 2. The molecule has 3 N–H and O–H groups in total. The fourth-order valence-corrected chi connectivity index (χ4v) is 4.49. The summed E-state index contributed by atoms with van der Waals surface area (Å²) < 4.78 is 5.21. The molecule has 0 bridgehead atoms. The average molecular weight is 401 g/mol. The number of primary amides is 1. The Balaban J connectivity index is 1.97. The van der Waals surface area contributed by atoms with Crippen molar-refractivity contribution in [3.05, 3.63) is 0 Å². The molecule has 0 aromatic heterocycles. The molecule has 0 aromatic rings. The molecule has 3 unspecified atom stereocenters. The van der Waals surface area contributed by atoms with Gasteiger partial charge in [-0.15, -0.1) is 11.8 Å². The fraction of sp³-hybridized carbons (Fsp3) is 0.765. The van der Waals surface area contributed by atoms with Crippen molar-refractivity contribution < 1.29 is 23.9 Å². The van der Waals surface area contributed by atoms with Crippen molar-refractivity contribution in [1.29, 1.82) is 0 Å². The number of ether oxygens (including phenoxy) is 1. The maximum Gasteiger partial charge on any atom is 0.410 e. The average Bonchev–Trinajstić information content (AvgIpc) is 2.89. The molecular formula is C17H28N4O5S. The van der Waals surface area contributed by atoms with Gasteiger partial charge in [-0.1, -0.05) is 0 Å². The van der Waals surface area contributed by atoms with E-state index in [9.17, 15) is 19.2 Å². The lowest BCUT2D eigenvalue weighted by atomic mass is 10.1. The predicted molar refractivity (Wildman–Crippen MR) is 101 cm³/mol. The number of nitrogens with two attached hydrogens (primary N) is 1. The predicted octanol–water partition coefficient (Wildman–Crippen LogP) is 0.277. The number of rotatable bonds is 4. The van der Waals surface area contributed by atoms with Crippen molar-refractivity contribution in [2.75, 3.05) is 19.3 Å². The number of thioether (sulfide) groups is 1. The van der Waals surface area contributed by atoms with E-state index in [4.69, 9.17) is 10.5 Å². The van der Waals surface area contributed by atoms with E-state index in [-0.39, 0.29) is 17.8 Å². The van der Waals surface area contributed by atoms with E-state index in [0.717, 1.165) is 4.90 Å². The second-order valence-electron chi connectivity index (χ2n) is 7.81. The molecule has 10 heteroatoms. The lowest BCUT2D eigenvalue weighted by molar-refractivity contribution is -0.141. The van der Waals surface area contributed by atoms with Crippen LogP contribution in [0.5, 0.6) is 0 Å². The minimum Gasteiger partial charge on any atom is -0.444 e. The first-order chi connectivity index (χ1) is 12.5. The molecule has 0 radical (unpaired) electrons. The molecule has 3 atom stereocenters. The Hall–Kier alpha value is -1.97. The van der Waals surface area contributed by atoms with Gasteiger partial charge in [-0.25, -0.2) is 4.79 Å². The van der Waals surface area contributed by atoms with Gasteiger partial charge in [-0.05, 0) is 45.8 Å². The Morgan fingerprint density at radius 1 is 1.30 bits per heavy atom. The zero-order valence-corrected chi connectivity index (χ0v) is 17.0. The lowest BCUT2D eigenvalue weighted by Gasteiger charge is -2.29. The summed E-state index contributed by atoms with van der Waals surface area (Å²) in [4.78, 5) is 51.5. The molecule has 2 aliphatic rings. The van der Waals surface area contributed by atoms with Gasteiger partial charge in [0, 0.05) is 7.05 Å². The fourth-order valence-electron chi connectivity index (χ4n) is 3.14. The smallest absolute Gasteiger partial charge is 0.410 e. The first-order valence-corrected chi connectivity index (χ1v) is 10.0. The van der Waals surface area contributed by atoms with Crippen LogP contribution in [0, 0.1) is 0 Å². The number of fused-ring (bicyclic) bond motifs is 1. The van der Waals surface area contributed by atoms with Crippen molar-refractivity contribution in [1.82, 2.24) is 15.1 Å². The van der Waals surface area contributed by atoms with E-state index in [1.54, 1.807) is 32.5 Å². The zero-order chi connectivity index (χ0) is 20.4. The highest BCUT2D eigenvalue weighted by atomic mass is 32.2. The third-order valence-electron chi connectivity index (χ3n) is 4.35. The number of carbonyl (C=O) groups excluding carboxylic acids is 4. The van der Waals surface area contributed by atoms with Crippen LogP contribution in [0.2, 0.25) is 0 Å². The van der Waals surface area contributed by atoms with Gasteiger partial charge >= 0.3 is 6.09 Å². The molecule has 0 aliphatic carbocycles. The standard InChI is InChI=1S/C17H28N4O5S/c1-17(2,3)26-16(25)20(4)9-12(22)19-10-7-8-27-13-6-5-11(14(18)23)21(13)15(10)24/h10-11,13H,5-9H2,1-4H3,(H2,18,23)(H,19,22). The second-order valence-corrected chi connectivity index (χ2v) is 9.10. The molecule has 0 saturated carbocycles. The Bertz CT molecular complexity index is 621. The number of nitrogens with one attached hydrogen (secondary N) is 1. The first-order valence-electron chi connectivity index (χ1n) is 8.96. The van der Waals surface area contributed by atoms with Gasteiger partial charge in [0.2, 0.25) is 17.7 Å². The summed E-state index contributed by atoms with van der Waals surface area (Å²) in [5, 5.41) is 2.60. The minimum absolute atomic E-state index is 0.0821. The maximum atomic E-state index is 12.9. The molecule has 2 aliphatic heterocycles. The van der Waals surface area contributed by atoms with Crippen LogP contribution in [0.15, 0.2) is 0 Å². The monoisotopic (exact) mass is 400 g/mol. The highest BCUT2D eigenvalue weighted by molar-refractivity contribution is 7.99. The van der Waals surface area contributed by atoms with Crippen LogP contribution >= 0.6 is 11.8 Å². The van der Waals surface area contributed by atoms with Crippen LogP contribution in [0.25, 0.3) is 0 Å². The van der Waals surface area contributed by atoms with Crippen molar-refractivity contribution in [3.63, 3.8) is 0 Å². The van der Waals surface area contributed by atoms with Crippen molar-refractivity contribution in [2.45, 2.75) is 63.1 Å². The lowest BCUT2D eigenvalue weighted by Crippen LogP contribution is -2.54. The largest absolute Gasteiger partial charge is 0.444 e. The topological polar surface area (TPSA) is 122 Å². The molecule has 2 saturated heterocycles. The number of likely N-dealkylation sites (N-methyl/N-ethyl adjacent to an activating group) is 1. The summed E-state index contributed by atoms with van der Waals surface area (Å²) in [7, 11) is 1.46. The van der Waals surface area contributed by atoms with E-state index in [0.29, 0.717) is 25.0 Å². The number of hydrogen-bond acceptors (Lipinski definition) is 6. The van der Waals surface area contributed by atoms with Crippen LogP contribution in [-0.4, -0.2) is 76.0 Å². The molecule has 2 fully saturated rings. The number of amides is 4. The van der Waals surface area contributed by atoms with Crippen LogP contribution in [-0.2, 0) is 19.1 Å². The summed E-state index contributed by atoms with van der Waals surface area (Å²) in [6, 6.07) is -1.36. The highest BCUT2D eigenvalue weighted by Gasteiger charge is 2.44. The van der Waals surface area contributed by atoms with Crippen molar-refractivity contribution in [3.8, 4) is 0 Å². The summed E-state index contributed by atoms with van der Waals surface area (Å²) in [5.74, 6) is -0.590. The van der Waals surface area contributed by atoms with Gasteiger partial charge in [0.25, 0.3) is 0 Å². The number of nitrogens with zero attached hydrogens (tertiary/aromatic N) is 2. The SMILES string of the molecule is CN(CC(=O)NC1CCSC2CCC(C(N)=O)N2C1=O)C(=O)OC(C)(C)C. The molecule has 2 heterocycles. The maximum absolute atomic E-state index is 12.9. The summed E-state index contributed by atoms with van der Waals surface area (Å²) in [6.45, 7) is 4.99. The van der Waals surface area contributed by atoms with Crippen LogP contribution in [0.4, 0.5) is 4.79 Å². The molecular weight excluding hydrogens is 372 g/mol. The Morgan fingerprint density at radius 2 is 1.96 bits per heavy atom. The van der Waals surface area contributed by atoms with Crippen molar-refractivity contribution in [2.24, 2.45) is 5.73 Å². The summed E-state index contributed by atoms with van der Waals surface area (Å²) in [5.41, 5.74) is 4.76. The van der Waals surface area contributed by atoms with E-state index >= 15 is 0 Å². The van der Waals surface area contributed by atoms with E-state index in [2.05, 4.69) is 5.32 Å². The van der Waals surface area contributed by atoms with Gasteiger partial charge in [0.05, 0.1) is 5.37 Å². The summed E-state index contributed by atoms with van der Waals surface area (Å²) >= 11 is 1.60. The van der Waals surface area contributed by atoms with Crippen LogP contribution in [0.3, 0.4) is 0 Å². The van der Waals surface area contributed by atoms with E-state index in [1.807, 2.05) is 0 Å². The highest BCUT2D eigenvalue weighted by Crippen LogP contribution is 2.35. The van der Waals surface area contributed by atoms with Crippen LogP contribution < -0.4 is 11.1 Å². The van der Waals surface area contributed by atoms with Gasteiger partial charge in [0.15, 0.2) is 0 Å². The van der Waals surface area contributed by atoms with Crippen LogP contribution in [0.1, 0.15) is 40.0 Å². The molecule has 2 rings (SSSR count). The molecule has 27 heavy (non-hydrogen) atoms. The quantitative estimate of drug-likeness (QED) is 0.699.